The van der Waals surface area contributed by atoms with Crippen LogP contribution in [0.25, 0.3) is 0 Å². The number of likely N-dealkylation sites (tertiary alicyclic amines) is 3. The highest BCUT2D eigenvalue weighted by Gasteiger charge is 2.45. The molecule has 0 aliphatic carbocycles. The van der Waals surface area contributed by atoms with Crippen molar-refractivity contribution < 1.29 is 9.59 Å². The molecule has 3 saturated heterocycles. The second kappa shape index (κ2) is 8.24. The van der Waals surface area contributed by atoms with Crippen LogP contribution in [0.2, 0.25) is 0 Å². The van der Waals surface area contributed by atoms with E-state index in [0.29, 0.717) is 12.3 Å². The Bertz CT molecular complexity index is 697. The van der Waals surface area contributed by atoms with E-state index in [2.05, 4.69) is 42.3 Å². The molecule has 4 rings (SSSR count). The quantitative estimate of drug-likeness (QED) is 0.806. The number of benzene rings is 1. The predicted octanol–water partition coefficient (Wildman–Crippen LogP) is 2.73. The summed E-state index contributed by atoms with van der Waals surface area (Å²) in [6, 6.07) is 10.7. The summed E-state index contributed by atoms with van der Waals surface area (Å²) in [4.78, 5) is 31.7. The van der Waals surface area contributed by atoms with E-state index in [0.717, 1.165) is 64.8 Å². The van der Waals surface area contributed by atoms with Crippen molar-refractivity contribution in [3.05, 3.63) is 35.9 Å². The molecule has 3 heterocycles. The molecule has 3 fully saturated rings. The van der Waals surface area contributed by atoms with Crippen molar-refractivity contribution in [2.75, 3.05) is 46.3 Å². The normalized spacial score (nSPS) is 25.9. The Labute approximate surface area is 168 Å². The fourth-order valence-electron chi connectivity index (χ4n) is 5.22. The van der Waals surface area contributed by atoms with Gasteiger partial charge in [0.2, 0.25) is 11.8 Å². The van der Waals surface area contributed by atoms with Gasteiger partial charge in [0.15, 0.2) is 0 Å². The third-order valence-corrected chi connectivity index (χ3v) is 7.13. The first-order chi connectivity index (χ1) is 13.5. The Morgan fingerprint density at radius 3 is 2.57 bits per heavy atom. The van der Waals surface area contributed by atoms with Crippen molar-refractivity contribution in [2.45, 2.75) is 44.4 Å². The maximum atomic E-state index is 12.9. The summed E-state index contributed by atoms with van der Waals surface area (Å²) in [5.41, 5.74) is 1.50. The second-order valence-corrected chi connectivity index (χ2v) is 9.15. The molecule has 1 atom stereocenters. The van der Waals surface area contributed by atoms with Crippen molar-refractivity contribution in [1.29, 1.82) is 0 Å². The van der Waals surface area contributed by atoms with E-state index in [-0.39, 0.29) is 23.8 Å². The monoisotopic (exact) mass is 383 g/mol. The van der Waals surface area contributed by atoms with Gasteiger partial charge in [-0.25, -0.2) is 0 Å². The number of rotatable bonds is 3. The average Bonchev–Trinajstić information content (AvgIpc) is 2.88. The number of hydrogen-bond acceptors (Lipinski definition) is 3. The third kappa shape index (κ3) is 4.24. The van der Waals surface area contributed by atoms with Crippen LogP contribution in [-0.2, 0) is 9.59 Å². The highest BCUT2D eigenvalue weighted by Crippen LogP contribution is 2.40. The predicted molar refractivity (Wildman–Crippen MR) is 110 cm³/mol. The van der Waals surface area contributed by atoms with Gasteiger partial charge in [-0.1, -0.05) is 30.3 Å². The van der Waals surface area contributed by atoms with E-state index < -0.39 is 0 Å². The topological polar surface area (TPSA) is 43.9 Å². The molecular weight excluding hydrogens is 350 g/mol. The molecule has 0 radical (unpaired) electrons. The summed E-state index contributed by atoms with van der Waals surface area (Å²) in [7, 11) is 2.15. The van der Waals surface area contributed by atoms with E-state index in [1.54, 1.807) is 0 Å². The van der Waals surface area contributed by atoms with Gasteiger partial charge < -0.3 is 14.7 Å². The van der Waals surface area contributed by atoms with Crippen LogP contribution in [0.15, 0.2) is 30.3 Å². The Kier molecular flexibility index (Phi) is 5.72. The highest BCUT2D eigenvalue weighted by atomic mass is 16.2. The first kappa shape index (κ1) is 19.4. The molecular formula is C23H33N3O2. The Morgan fingerprint density at radius 1 is 1.07 bits per heavy atom. The summed E-state index contributed by atoms with van der Waals surface area (Å²) >= 11 is 0. The highest BCUT2D eigenvalue weighted by molar-refractivity contribution is 5.86. The lowest BCUT2D eigenvalue weighted by Gasteiger charge is -2.37. The van der Waals surface area contributed by atoms with E-state index >= 15 is 0 Å². The van der Waals surface area contributed by atoms with Crippen molar-refractivity contribution in [2.24, 2.45) is 5.41 Å². The smallest absolute Gasteiger partial charge is 0.242 e. The van der Waals surface area contributed by atoms with Crippen molar-refractivity contribution in [1.82, 2.24) is 14.7 Å². The minimum atomic E-state index is 0.112. The van der Waals surface area contributed by atoms with Gasteiger partial charge in [0.25, 0.3) is 0 Å². The van der Waals surface area contributed by atoms with Gasteiger partial charge in [0.1, 0.15) is 0 Å². The number of amides is 2. The van der Waals surface area contributed by atoms with Crippen molar-refractivity contribution >= 4 is 11.8 Å². The van der Waals surface area contributed by atoms with Crippen LogP contribution in [-0.4, -0.2) is 72.8 Å². The van der Waals surface area contributed by atoms with Crippen LogP contribution in [0.4, 0.5) is 0 Å². The van der Waals surface area contributed by atoms with Crippen LogP contribution in [0.3, 0.4) is 0 Å². The standard InChI is InChI=1S/C23H33N3O2/c1-24-14-10-23(11-15-24)16-21(27)26(18-23)17-22(28)25-12-5-8-20(9-13-25)19-6-3-2-4-7-19/h2-4,6-7,20H,5,8-18H2,1H3. The van der Waals surface area contributed by atoms with Gasteiger partial charge in [-0.05, 0) is 69.1 Å². The maximum absolute atomic E-state index is 12.9. The summed E-state index contributed by atoms with van der Waals surface area (Å²) < 4.78 is 0. The van der Waals surface area contributed by atoms with Crippen molar-refractivity contribution in [3.8, 4) is 0 Å². The molecule has 0 N–H and O–H groups in total. The van der Waals surface area contributed by atoms with E-state index in [4.69, 9.17) is 0 Å². The fraction of sp³-hybridized carbons (Fsp3) is 0.652. The van der Waals surface area contributed by atoms with E-state index in [9.17, 15) is 9.59 Å². The molecule has 2 amide bonds. The number of piperidine rings is 1. The lowest BCUT2D eigenvalue weighted by molar-refractivity contribution is -0.138. The molecule has 5 heteroatoms. The molecule has 1 spiro atoms. The summed E-state index contributed by atoms with van der Waals surface area (Å²) in [6.45, 7) is 4.78. The molecule has 1 aromatic carbocycles. The third-order valence-electron chi connectivity index (χ3n) is 7.13. The van der Waals surface area contributed by atoms with E-state index in [1.807, 2.05) is 9.80 Å². The molecule has 3 aliphatic heterocycles. The SMILES string of the molecule is CN1CCC2(CC1)CC(=O)N(CC(=O)N1CCCC(c3ccccc3)CC1)C2. The van der Waals surface area contributed by atoms with Crippen LogP contribution in [0.1, 0.15) is 50.0 Å². The number of hydrogen-bond donors (Lipinski definition) is 0. The number of carbonyl (C=O) groups excluding carboxylic acids is 2. The van der Waals surface area contributed by atoms with Gasteiger partial charge >= 0.3 is 0 Å². The molecule has 1 aromatic rings. The van der Waals surface area contributed by atoms with Crippen LogP contribution in [0, 0.1) is 5.41 Å². The van der Waals surface area contributed by atoms with Crippen LogP contribution >= 0.6 is 0 Å². The number of carbonyl (C=O) groups is 2. The minimum Gasteiger partial charge on any atom is -0.341 e. The van der Waals surface area contributed by atoms with Gasteiger partial charge in [-0.2, -0.15) is 0 Å². The average molecular weight is 384 g/mol. The van der Waals surface area contributed by atoms with Gasteiger partial charge in [0.05, 0.1) is 6.54 Å². The zero-order chi connectivity index (χ0) is 19.6. The molecule has 28 heavy (non-hydrogen) atoms. The Morgan fingerprint density at radius 2 is 1.82 bits per heavy atom. The molecule has 0 bridgehead atoms. The van der Waals surface area contributed by atoms with Gasteiger partial charge in [0, 0.05) is 26.1 Å². The molecule has 152 valence electrons. The summed E-state index contributed by atoms with van der Waals surface area (Å²) in [6.07, 6.45) is 5.96. The summed E-state index contributed by atoms with van der Waals surface area (Å²) in [5.74, 6) is 0.844. The second-order valence-electron chi connectivity index (χ2n) is 9.15. The lowest BCUT2D eigenvalue weighted by atomic mass is 9.78. The fourth-order valence-corrected chi connectivity index (χ4v) is 5.22. The Balaban J connectivity index is 1.32. The zero-order valence-corrected chi connectivity index (χ0v) is 17.1. The first-order valence-electron chi connectivity index (χ1n) is 10.8. The minimum absolute atomic E-state index is 0.112. The first-order valence-corrected chi connectivity index (χ1v) is 10.8. The Hall–Kier alpha value is -1.88. The summed E-state index contributed by atoms with van der Waals surface area (Å²) in [5, 5.41) is 0. The molecule has 3 aliphatic rings. The van der Waals surface area contributed by atoms with E-state index in [1.165, 1.54) is 5.56 Å². The van der Waals surface area contributed by atoms with Crippen molar-refractivity contribution in [3.63, 3.8) is 0 Å². The molecule has 5 nitrogen and oxygen atoms in total. The molecule has 1 unspecified atom stereocenters. The van der Waals surface area contributed by atoms with Crippen LogP contribution in [0.5, 0.6) is 0 Å². The number of nitrogens with zero attached hydrogens (tertiary/aromatic N) is 3. The van der Waals surface area contributed by atoms with Gasteiger partial charge in [-0.15, -0.1) is 0 Å². The molecule has 0 saturated carbocycles. The zero-order valence-electron chi connectivity index (χ0n) is 17.1. The van der Waals surface area contributed by atoms with Crippen LogP contribution < -0.4 is 0 Å². The maximum Gasteiger partial charge on any atom is 0.242 e. The lowest BCUT2D eigenvalue weighted by Crippen LogP contribution is -2.43. The molecule has 0 aromatic heterocycles. The van der Waals surface area contributed by atoms with Gasteiger partial charge in [-0.3, -0.25) is 9.59 Å². The largest absolute Gasteiger partial charge is 0.341 e.